The number of hydrogen-bond acceptors (Lipinski definition) is 7. The lowest BCUT2D eigenvalue weighted by atomic mass is 10.1. The second kappa shape index (κ2) is 5.41. The van der Waals surface area contributed by atoms with Crippen LogP contribution >= 0.6 is 11.3 Å². The van der Waals surface area contributed by atoms with E-state index in [-0.39, 0.29) is 12.4 Å². The van der Waals surface area contributed by atoms with E-state index in [9.17, 15) is 14.7 Å². The Morgan fingerprint density at radius 1 is 1.53 bits per heavy atom. The third-order valence-electron chi connectivity index (χ3n) is 2.47. The molecular weight excluding hydrogens is 272 g/mol. The number of carbonyl (C=O) groups is 1. The number of methoxy groups -OCH3 is 1. The maximum atomic E-state index is 11.5. The summed E-state index contributed by atoms with van der Waals surface area (Å²) in [6.07, 6.45) is -1.42. The number of ether oxygens (including phenoxy) is 2. The van der Waals surface area contributed by atoms with E-state index < -0.39 is 17.0 Å². The van der Waals surface area contributed by atoms with Gasteiger partial charge in [0.05, 0.1) is 18.4 Å². The van der Waals surface area contributed by atoms with Crippen LogP contribution in [0.4, 0.5) is 0 Å². The van der Waals surface area contributed by atoms with Crippen molar-refractivity contribution >= 4 is 27.6 Å². The summed E-state index contributed by atoms with van der Waals surface area (Å²) in [5.41, 5.74) is 0.595. The summed E-state index contributed by atoms with van der Waals surface area (Å²) >= 11 is 0.873. The van der Waals surface area contributed by atoms with Crippen molar-refractivity contribution in [1.29, 1.82) is 0 Å². The summed E-state index contributed by atoms with van der Waals surface area (Å²) in [5.74, 6) is -0.464. The molecule has 0 saturated heterocycles. The fourth-order valence-electron chi connectivity index (χ4n) is 1.63. The quantitative estimate of drug-likeness (QED) is 0.855. The van der Waals surface area contributed by atoms with Crippen LogP contribution in [0.15, 0.2) is 21.3 Å². The van der Waals surface area contributed by atoms with Crippen molar-refractivity contribution in [3.05, 3.63) is 27.4 Å². The van der Waals surface area contributed by atoms with Crippen molar-refractivity contribution in [2.75, 3.05) is 13.7 Å². The molecule has 1 N–H and O–H groups in total. The summed E-state index contributed by atoms with van der Waals surface area (Å²) < 4.78 is 15.3. The van der Waals surface area contributed by atoms with Gasteiger partial charge in [-0.05, 0) is 24.6 Å². The minimum atomic E-state index is -1.42. The van der Waals surface area contributed by atoms with Gasteiger partial charge >= 0.3 is 10.9 Å². The second-order valence-electron chi connectivity index (χ2n) is 3.66. The molecule has 0 aliphatic rings. The van der Waals surface area contributed by atoms with Gasteiger partial charge in [0.2, 0.25) is 0 Å². The van der Waals surface area contributed by atoms with Crippen molar-refractivity contribution in [2.24, 2.45) is 0 Å². The van der Waals surface area contributed by atoms with Gasteiger partial charge in [0, 0.05) is 0 Å². The number of rotatable bonds is 4. The molecule has 2 aromatic rings. The molecule has 19 heavy (non-hydrogen) atoms. The molecule has 0 aliphatic heterocycles. The zero-order valence-corrected chi connectivity index (χ0v) is 11.2. The van der Waals surface area contributed by atoms with Gasteiger partial charge in [-0.3, -0.25) is 0 Å². The topological polar surface area (TPSA) is 86.0 Å². The van der Waals surface area contributed by atoms with Gasteiger partial charge in [0.25, 0.3) is 0 Å². The predicted octanol–water partition coefficient (Wildman–Crippen LogP) is 1.46. The third kappa shape index (κ3) is 2.61. The first kappa shape index (κ1) is 13.6. The van der Waals surface area contributed by atoms with Gasteiger partial charge in [0.1, 0.15) is 0 Å². The van der Waals surface area contributed by atoms with Crippen molar-refractivity contribution in [2.45, 2.75) is 13.0 Å². The SMILES string of the molecule is CCOC(=O)C(O)c1cc(OC)c2oc(=O)sc2c1. The fourth-order valence-corrected chi connectivity index (χ4v) is 2.37. The number of hydrogen-bond donors (Lipinski definition) is 1. The molecule has 1 atom stereocenters. The normalized spacial score (nSPS) is 12.4. The minimum Gasteiger partial charge on any atom is -0.493 e. The Balaban J connectivity index is 2.49. The highest BCUT2D eigenvalue weighted by Crippen LogP contribution is 2.31. The summed E-state index contributed by atoms with van der Waals surface area (Å²) in [6, 6.07) is 2.95. The van der Waals surface area contributed by atoms with Crippen molar-refractivity contribution < 1.29 is 23.8 Å². The maximum Gasteiger partial charge on any atom is 0.396 e. The highest BCUT2D eigenvalue weighted by molar-refractivity contribution is 7.16. The molecule has 1 aromatic carbocycles. The Kier molecular flexibility index (Phi) is 3.87. The summed E-state index contributed by atoms with van der Waals surface area (Å²) in [6.45, 7) is 1.82. The fraction of sp³-hybridized carbons (Fsp3) is 0.333. The lowest BCUT2D eigenvalue weighted by Gasteiger charge is -2.11. The van der Waals surface area contributed by atoms with Crippen molar-refractivity contribution in [3.8, 4) is 5.75 Å². The molecule has 1 aromatic heterocycles. The Hall–Kier alpha value is -1.86. The van der Waals surface area contributed by atoms with Crippen LogP contribution in [0.1, 0.15) is 18.6 Å². The van der Waals surface area contributed by atoms with Crippen molar-refractivity contribution in [3.63, 3.8) is 0 Å². The second-order valence-corrected chi connectivity index (χ2v) is 4.64. The number of aliphatic hydroxyl groups is 1. The van der Waals surface area contributed by atoms with E-state index in [0.717, 1.165) is 11.3 Å². The molecule has 0 fully saturated rings. The Bertz CT molecular complexity index is 656. The number of carbonyl (C=O) groups excluding carboxylic acids is 1. The van der Waals surface area contributed by atoms with E-state index in [1.807, 2.05) is 0 Å². The van der Waals surface area contributed by atoms with E-state index in [4.69, 9.17) is 13.9 Å². The summed E-state index contributed by atoms with van der Waals surface area (Å²) in [4.78, 5) is 22.2. The molecular formula is C12H12O6S. The van der Waals surface area contributed by atoms with Gasteiger partial charge in [-0.2, -0.15) is 0 Å². The molecule has 1 unspecified atom stereocenters. The molecule has 0 radical (unpaired) electrons. The Morgan fingerprint density at radius 2 is 2.26 bits per heavy atom. The van der Waals surface area contributed by atoms with Crippen LogP contribution in [0.25, 0.3) is 10.3 Å². The van der Waals surface area contributed by atoms with Crippen LogP contribution in [0, 0.1) is 0 Å². The Morgan fingerprint density at radius 3 is 2.89 bits per heavy atom. The predicted molar refractivity (Wildman–Crippen MR) is 68.5 cm³/mol. The third-order valence-corrected chi connectivity index (χ3v) is 3.24. The molecule has 1 heterocycles. The van der Waals surface area contributed by atoms with Crippen LogP contribution in [0.2, 0.25) is 0 Å². The first-order chi connectivity index (χ1) is 9.06. The maximum absolute atomic E-state index is 11.5. The molecule has 0 amide bonds. The molecule has 0 saturated carbocycles. The van der Waals surface area contributed by atoms with Gasteiger partial charge in [0.15, 0.2) is 17.4 Å². The van der Waals surface area contributed by atoms with Crippen LogP contribution in [0.5, 0.6) is 5.75 Å². The van der Waals surface area contributed by atoms with Crippen LogP contribution in [-0.2, 0) is 9.53 Å². The average Bonchev–Trinajstić information content (AvgIpc) is 2.77. The van der Waals surface area contributed by atoms with Gasteiger partial charge in [-0.15, -0.1) is 0 Å². The zero-order chi connectivity index (χ0) is 14.0. The molecule has 2 rings (SSSR count). The van der Waals surface area contributed by atoms with Crippen LogP contribution in [-0.4, -0.2) is 24.8 Å². The first-order valence-electron chi connectivity index (χ1n) is 5.53. The minimum absolute atomic E-state index is 0.175. The largest absolute Gasteiger partial charge is 0.493 e. The molecule has 0 aliphatic carbocycles. The Labute approximate surface area is 112 Å². The zero-order valence-electron chi connectivity index (χ0n) is 10.3. The van der Waals surface area contributed by atoms with Gasteiger partial charge in [-0.25, -0.2) is 9.59 Å². The van der Waals surface area contributed by atoms with E-state index >= 15 is 0 Å². The number of esters is 1. The molecule has 6 nitrogen and oxygen atoms in total. The number of aliphatic hydroxyl groups excluding tert-OH is 1. The molecule has 0 bridgehead atoms. The highest BCUT2D eigenvalue weighted by atomic mass is 32.1. The molecule has 0 spiro atoms. The van der Waals surface area contributed by atoms with E-state index in [1.165, 1.54) is 19.2 Å². The molecule has 7 heteroatoms. The molecule has 102 valence electrons. The van der Waals surface area contributed by atoms with Gasteiger partial charge < -0.3 is 19.0 Å². The van der Waals surface area contributed by atoms with Gasteiger partial charge in [-0.1, -0.05) is 11.3 Å². The monoisotopic (exact) mass is 284 g/mol. The van der Waals surface area contributed by atoms with E-state index in [1.54, 1.807) is 6.92 Å². The smallest absolute Gasteiger partial charge is 0.396 e. The number of fused-ring (bicyclic) bond motifs is 1. The standard InChI is InChI=1S/C12H12O6S/c1-3-17-11(14)9(13)6-4-7(16-2)10-8(5-6)19-12(15)18-10/h4-5,9,13H,3H2,1-2H3. The summed E-state index contributed by atoms with van der Waals surface area (Å²) in [7, 11) is 1.41. The number of benzene rings is 1. The van der Waals surface area contributed by atoms with E-state index in [2.05, 4.69) is 0 Å². The van der Waals surface area contributed by atoms with Crippen LogP contribution < -0.4 is 9.68 Å². The van der Waals surface area contributed by atoms with E-state index in [0.29, 0.717) is 15.8 Å². The average molecular weight is 284 g/mol. The summed E-state index contributed by atoms with van der Waals surface area (Å²) in [5, 5.41) is 9.87. The van der Waals surface area contributed by atoms with Crippen LogP contribution in [0.3, 0.4) is 0 Å². The lowest BCUT2D eigenvalue weighted by Crippen LogP contribution is -2.15. The lowest BCUT2D eigenvalue weighted by molar-refractivity contribution is -0.153. The van der Waals surface area contributed by atoms with Crippen molar-refractivity contribution in [1.82, 2.24) is 0 Å². The highest BCUT2D eigenvalue weighted by Gasteiger charge is 2.22. The first-order valence-corrected chi connectivity index (χ1v) is 6.34.